The van der Waals surface area contributed by atoms with Crippen LogP contribution in [-0.4, -0.2) is 77.3 Å². The maximum absolute atomic E-state index is 12.4. The summed E-state index contributed by atoms with van der Waals surface area (Å²) in [4.78, 5) is 16.4. The van der Waals surface area contributed by atoms with Crippen LogP contribution in [0.25, 0.3) is 0 Å². The van der Waals surface area contributed by atoms with Gasteiger partial charge in [0.15, 0.2) is 0 Å². The van der Waals surface area contributed by atoms with Crippen molar-refractivity contribution in [1.82, 2.24) is 9.80 Å². The van der Waals surface area contributed by atoms with Crippen molar-refractivity contribution in [3.8, 4) is 5.75 Å². The van der Waals surface area contributed by atoms with Gasteiger partial charge in [-0.2, -0.15) is 0 Å². The standard InChI is InChI=1S/C17H27N3O4S/c1-14-5-6-16(24-3)15(13-14)20(25(4,22)23)8-7-17(21)19-11-9-18(2)10-12-19/h5-6,13H,7-12H2,1-4H3. The van der Waals surface area contributed by atoms with E-state index in [9.17, 15) is 13.2 Å². The summed E-state index contributed by atoms with van der Waals surface area (Å²) < 4.78 is 31.1. The first kappa shape index (κ1) is 19.5. The predicted octanol–water partition coefficient (Wildman–Crippen LogP) is 0.934. The smallest absolute Gasteiger partial charge is 0.232 e. The van der Waals surface area contributed by atoms with Crippen LogP contribution in [0.3, 0.4) is 0 Å². The first-order valence-electron chi connectivity index (χ1n) is 8.31. The van der Waals surface area contributed by atoms with E-state index < -0.39 is 10.0 Å². The van der Waals surface area contributed by atoms with E-state index in [1.54, 1.807) is 17.0 Å². The molecular formula is C17H27N3O4S. The Morgan fingerprint density at radius 1 is 1.24 bits per heavy atom. The van der Waals surface area contributed by atoms with Crippen molar-refractivity contribution in [2.75, 3.05) is 57.4 Å². The highest BCUT2D eigenvalue weighted by atomic mass is 32.2. The molecule has 0 aromatic heterocycles. The molecule has 0 aliphatic carbocycles. The van der Waals surface area contributed by atoms with Gasteiger partial charge < -0.3 is 14.5 Å². The Balaban J connectivity index is 2.14. The third-order valence-electron chi connectivity index (χ3n) is 4.39. The lowest BCUT2D eigenvalue weighted by Gasteiger charge is -2.33. The summed E-state index contributed by atoms with van der Waals surface area (Å²) in [6.07, 6.45) is 1.29. The number of likely N-dealkylation sites (N-methyl/N-ethyl adjacent to an activating group) is 1. The second kappa shape index (κ2) is 8.05. The molecule has 0 bridgehead atoms. The van der Waals surface area contributed by atoms with Crippen LogP contribution in [0.15, 0.2) is 18.2 Å². The van der Waals surface area contributed by atoms with E-state index in [0.717, 1.165) is 24.9 Å². The number of carbonyl (C=O) groups excluding carboxylic acids is 1. The van der Waals surface area contributed by atoms with Crippen LogP contribution in [0.4, 0.5) is 5.69 Å². The number of hydrogen-bond acceptors (Lipinski definition) is 5. The number of benzene rings is 1. The van der Waals surface area contributed by atoms with Gasteiger partial charge >= 0.3 is 0 Å². The fourth-order valence-electron chi connectivity index (χ4n) is 2.87. The van der Waals surface area contributed by atoms with Gasteiger partial charge in [0.2, 0.25) is 15.9 Å². The van der Waals surface area contributed by atoms with E-state index in [-0.39, 0.29) is 18.9 Å². The molecule has 1 fully saturated rings. The van der Waals surface area contributed by atoms with Crippen molar-refractivity contribution in [3.05, 3.63) is 23.8 Å². The number of carbonyl (C=O) groups is 1. The maximum atomic E-state index is 12.4. The number of amides is 1. The van der Waals surface area contributed by atoms with Gasteiger partial charge in [-0.15, -0.1) is 0 Å². The second-order valence-corrected chi connectivity index (χ2v) is 8.35. The summed E-state index contributed by atoms with van der Waals surface area (Å²) in [5, 5.41) is 0. The van der Waals surface area contributed by atoms with Gasteiger partial charge in [-0.3, -0.25) is 9.10 Å². The van der Waals surface area contributed by atoms with E-state index >= 15 is 0 Å². The van der Waals surface area contributed by atoms with Crippen LogP contribution in [0.5, 0.6) is 5.75 Å². The second-order valence-electron chi connectivity index (χ2n) is 6.44. The molecule has 1 amide bonds. The van der Waals surface area contributed by atoms with Gasteiger partial charge in [0.25, 0.3) is 0 Å². The number of ether oxygens (including phenoxy) is 1. The zero-order valence-corrected chi connectivity index (χ0v) is 16.2. The topological polar surface area (TPSA) is 70.2 Å². The molecule has 1 aliphatic heterocycles. The zero-order valence-electron chi connectivity index (χ0n) is 15.4. The van der Waals surface area contributed by atoms with Crippen LogP contribution in [-0.2, 0) is 14.8 Å². The summed E-state index contributed by atoms with van der Waals surface area (Å²) >= 11 is 0. The Kier molecular flexibility index (Phi) is 6.29. The van der Waals surface area contributed by atoms with E-state index in [4.69, 9.17) is 4.74 Å². The summed E-state index contributed by atoms with van der Waals surface area (Å²) in [5.41, 5.74) is 1.39. The molecule has 0 unspecified atom stereocenters. The van der Waals surface area contributed by atoms with Crippen molar-refractivity contribution < 1.29 is 17.9 Å². The summed E-state index contributed by atoms with van der Waals surface area (Å²) in [6, 6.07) is 5.36. The highest BCUT2D eigenvalue weighted by Crippen LogP contribution is 2.31. The van der Waals surface area contributed by atoms with Crippen LogP contribution in [0.2, 0.25) is 0 Å². The molecule has 1 aromatic carbocycles. The summed E-state index contributed by atoms with van der Waals surface area (Å²) in [7, 11) is 0.000878. The quantitative estimate of drug-likeness (QED) is 0.746. The first-order valence-corrected chi connectivity index (χ1v) is 10.2. The van der Waals surface area contributed by atoms with Crippen LogP contribution < -0.4 is 9.04 Å². The lowest BCUT2D eigenvalue weighted by atomic mass is 10.2. The SMILES string of the molecule is COc1ccc(C)cc1N(CCC(=O)N1CCN(C)CC1)S(C)(=O)=O. The molecular weight excluding hydrogens is 342 g/mol. The van der Waals surface area contributed by atoms with Gasteiger partial charge in [-0.05, 0) is 31.7 Å². The number of methoxy groups -OCH3 is 1. The number of piperazine rings is 1. The molecule has 0 saturated carbocycles. The summed E-state index contributed by atoms with van der Waals surface area (Å²) in [5.74, 6) is 0.455. The minimum atomic E-state index is -3.53. The van der Waals surface area contributed by atoms with Crippen LogP contribution >= 0.6 is 0 Å². The molecule has 0 atom stereocenters. The van der Waals surface area contributed by atoms with E-state index in [1.165, 1.54) is 11.4 Å². The zero-order chi connectivity index (χ0) is 18.6. The largest absolute Gasteiger partial charge is 0.495 e. The average molecular weight is 369 g/mol. The Labute approximate surface area is 150 Å². The van der Waals surface area contributed by atoms with Gasteiger partial charge in [0.05, 0.1) is 19.1 Å². The minimum absolute atomic E-state index is 0.0200. The number of hydrogen-bond donors (Lipinski definition) is 0. The number of sulfonamides is 1. The molecule has 2 rings (SSSR count). The lowest BCUT2D eigenvalue weighted by Crippen LogP contribution is -2.48. The third kappa shape index (κ3) is 5.09. The van der Waals surface area contributed by atoms with Crippen molar-refractivity contribution in [1.29, 1.82) is 0 Å². The molecule has 1 aromatic rings. The Morgan fingerprint density at radius 3 is 2.44 bits per heavy atom. The molecule has 0 spiro atoms. The number of aryl methyl sites for hydroxylation is 1. The third-order valence-corrected chi connectivity index (χ3v) is 5.57. The van der Waals surface area contributed by atoms with Gasteiger partial charge in [0, 0.05) is 39.1 Å². The van der Waals surface area contributed by atoms with Crippen molar-refractivity contribution in [2.45, 2.75) is 13.3 Å². The van der Waals surface area contributed by atoms with Crippen molar-refractivity contribution in [2.24, 2.45) is 0 Å². The normalized spacial score (nSPS) is 15.9. The van der Waals surface area contributed by atoms with Crippen LogP contribution in [0, 0.1) is 6.92 Å². The Bertz CT molecular complexity index is 713. The predicted molar refractivity (Wildman–Crippen MR) is 98.6 cm³/mol. The van der Waals surface area contributed by atoms with E-state index in [1.807, 2.05) is 20.0 Å². The Hall–Kier alpha value is -1.80. The Morgan fingerprint density at radius 2 is 1.88 bits per heavy atom. The number of rotatable bonds is 6. The molecule has 1 saturated heterocycles. The molecule has 8 heteroatoms. The monoisotopic (exact) mass is 369 g/mol. The molecule has 7 nitrogen and oxygen atoms in total. The van der Waals surface area contributed by atoms with Crippen LogP contribution in [0.1, 0.15) is 12.0 Å². The molecule has 1 aliphatic rings. The van der Waals surface area contributed by atoms with Gasteiger partial charge in [-0.1, -0.05) is 6.07 Å². The fraction of sp³-hybridized carbons (Fsp3) is 0.588. The first-order chi connectivity index (χ1) is 11.7. The maximum Gasteiger partial charge on any atom is 0.232 e. The minimum Gasteiger partial charge on any atom is -0.495 e. The highest BCUT2D eigenvalue weighted by Gasteiger charge is 2.24. The fourth-order valence-corrected chi connectivity index (χ4v) is 3.79. The number of anilines is 1. The van der Waals surface area contributed by atoms with E-state index in [2.05, 4.69) is 4.90 Å². The van der Waals surface area contributed by atoms with E-state index in [0.29, 0.717) is 24.5 Å². The molecule has 0 N–H and O–H groups in total. The molecule has 0 radical (unpaired) electrons. The highest BCUT2D eigenvalue weighted by molar-refractivity contribution is 7.92. The number of nitrogens with zero attached hydrogens (tertiary/aromatic N) is 3. The molecule has 25 heavy (non-hydrogen) atoms. The lowest BCUT2D eigenvalue weighted by molar-refractivity contribution is -0.132. The molecule has 140 valence electrons. The average Bonchev–Trinajstić information content (AvgIpc) is 2.54. The summed E-state index contributed by atoms with van der Waals surface area (Å²) in [6.45, 7) is 5.03. The van der Waals surface area contributed by atoms with Gasteiger partial charge in [0.1, 0.15) is 5.75 Å². The van der Waals surface area contributed by atoms with Gasteiger partial charge in [-0.25, -0.2) is 8.42 Å². The molecule has 1 heterocycles. The van der Waals surface area contributed by atoms with Crippen molar-refractivity contribution >= 4 is 21.6 Å². The van der Waals surface area contributed by atoms with Crippen molar-refractivity contribution in [3.63, 3.8) is 0 Å².